The van der Waals surface area contributed by atoms with Crippen LogP contribution in [0.5, 0.6) is 5.75 Å². The third-order valence-electron chi connectivity index (χ3n) is 3.99. The number of benzene rings is 2. The molecule has 0 aliphatic carbocycles. The van der Waals surface area contributed by atoms with Crippen molar-refractivity contribution >= 4 is 5.91 Å². The average Bonchev–Trinajstić information content (AvgIpc) is 2.51. The van der Waals surface area contributed by atoms with Crippen molar-refractivity contribution in [1.82, 2.24) is 5.32 Å². The van der Waals surface area contributed by atoms with Crippen LogP contribution < -0.4 is 10.1 Å². The van der Waals surface area contributed by atoms with Crippen LogP contribution in [-0.4, -0.2) is 13.0 Å². The van der Waals surface area contributed by atoms with E-state index in [1.165, 1.54) is 19.2 Å². The molecule has 4 heteroatoms. The monoisotopic (exact) mass is 329 g/mol. The summed E-state index contributed by atoms with van der Waals surface area (Å²) >= 11 is 0. The number of nitrogens with one attached hydrogen (secondary N) is 1. The molecule has 0 bridgehead atoms. The standard InChI is InChI=1S/C20H24FNO2/c1-13-11-15(21)12-16(24-5)17(13)19(23)22-18(20(2,3)4)14-9-7-6-8-10-14/h6-12,18H,1-5H3,(H,22,23). The van der Waals surface area contributed by atoms with Gasteiger partial charge >= 0.3 is 0 Å². The zero-order valence-electron chi connectivity index (χ0n) is 14.8. The van der Waals surface area contributed by atoms with Gasteiger partial charge in [0, 0.05) is 6.07 Å². The van der Waals surface area contributed by atoms with Crippen molar-refractivity contribution in [3.8, 4) is 5.75 Å². The predicted molar refractivity (Wildman–Crippen MR) is 93.8 cm³/mol. The molecule has 0 saturated carbocycles. The summed E-state index contributed by atoms with van der Waals surface area (Å²) in [6.45, 7) is 7.91. The molecule has 2 aromatic rings. The van der Waals surface area contributed by atoms with E-state index < -0.39 is 5.82 Å². The smallest absolute Gasteiger partial charge is 0.255 e. The van der Waals surface area contributed by atoms with Crippen molar-refractivity contribution in [1.29, 1.82) is 0 Å². The zero-order valence-corrected chi connectivity index (χ0v) is 14.8. The third-order valence-corrected chi connectivity index (χ3v) is 3.99. The Labute approximate surface area is 142 Å². The maximum atomic E-state index is 13.6. The van der Waals surface area contributed by atoms with Crippen LogP contribution in [0.2, 0.25) is 0 Å². The molecule has 2 rings (SSSR count). The molecule has 128 valence electrons. The summed E-state index contributed by atoms with van der Waals surface area (Å²) in [5.41, 5.74) is 1.75. The van der Waals surface area contributed by atoms with Gasteiger partial charge in [0.25, 0.3) is 5.91 Å². The second-order valence-corrected chi connectivity index (χ2v) is 6.98. The largest absolute Gasteiger partial charge is 0.496 e. The molecule has 1 amide bonds. The number of aryl methyl sites for hydroxylation is 1. The SMILES string of the molecule is COc1cc(F)cc(C)c1C(=O)NC(c1ccccc1)C(C)(C)C. The van der Waals surface area contributed by atoms with Gasteiger partial charge in [-0.1, -0.05) is 51.1 Å². The lowest BCUT2D eigenvalue weighted by Gasteiger charge is -2.32. The fraction of sp³-hybridized carbons (Fsp3) is 0.350. The van der Waals surface area contributed by atoms with Crippen LogP contribution in [0.3, 0.4) is 0 Å². The molecular weight excluding hydrogens is 305 g/mol. The van der Waals surface area contributed by atoms with Crippen LogP contribution in [0.1, 0.15) is 48.3 Å². The first-order valence-electron chi connectivity index (χ1n) is 7.94. The van der Waals surface area contributed by atoms with E-state index in [-0.39, 0.29) is 23.1 Å². The Morgan fingerprint density at radius 1 is 1.17 bits per heavy atom. The van der Waals surface area contributed by atoms with Crippen molar-refractivity contribution in [2.45, 2.75) is 33.7 Å². The molecule has 0 fully saturated rings. The fourth-order valence-corrected chi connectivity index (χ4v) is 2.81. The Kier molecular flexibility index (Phi) is 5.27. The second-order valence-electron chi connectivity index (χ2n) is 6.98. The van der Waals surface area contributed by atoms with Gasteiger partial charge in [0.2, 0.25) is 0 Å². The minimum absolute atomic E-state index is 0.180. The quantitative estimate of drug-likeness (QED) is 0.886. The molecule has 0 heterocycles. The highest BCUT2D eigenvalue weighted by Gasteiger charge is 2.29. The Balaban J connectivity index is 2.40. The molecule has 24 heavy (non-hydrogen) atoms. The van der Waals surface area contributed by atoms with E-state index in [1.54, 1.807) is 6.92 Å². The first-order chi connectivity index (χ1) is 11.2. The van der Waals surface area contributed by atoms with Gasteiger partial charge in [0.1, 0.15) is 11.6 Å². The summed E-state index contributed by atoms with van der Waals surface area (Å²) in [7, 11) is 1.43. The molecule has 0 spiro atoms. The van der Waals surface area contributed by atoms with Crippen LogP contribution in [0, 0.1) is 18.2 Å². The van der Waals surface area contributed by atoms with Crippen LogP contribution in [-0.2, 0) is 0 Å². The van der Waals surface area contributed by atoms with Crippen LogP contribution in [0.15, 0.2) is 42.5 Å². The molecule has 0 saturated heterocycles. The highest BCUT2D eigenvalue weighted by Crippen LogP contribution is 2.34. The number of hydrogen-bond acceptors (Lipinski definition) is 2. The van der Waals surface area contributed by atoms with E-state index >= 15 is 0 Å². The van der Waals surface area contributed by atoms with E-state index in [0.29, 0.717) is 11.1 Å². The maximum Gasteiger partial charge on any atom is 0.255 e. The Hall–Kier alpha value is -2.36. The van der Waals surface area contributed by atoms with Gasteiger partial charge in [-0.25, -0.2) is 4.39 Å². The van der Waals surface area contributed by atoms with E-state index in [0.717, 1.165) is 5.56 Å². The molecule has 3 nitrogen and oxygen atoms in total. The molecule has 0 aliphatic rings. The fourth-order valence-electron chi connectivity index (χ4n) is 2.81. The number of carbonyl (C=O) groups is 1. The minimum Gasteiger partial charge on any atom is -0.496 e. The summed E-state index contributed by atoms with van der Waals surface area (Å²) in [4.78, 5) is 12.9. The summed E-state index contributed by atoms with van der Waals surface area (Å²) in [5, 5.41) is 3.08. The third kappa shape index (κ3) is 3.94. The first kappa shape index (κ1) is 18.0. The highest BCUT2D eigenvalue weighted by molar-refractivity contribution is 5.98. The normalized spacial score (nSPS) is 12.6. The number of amides is 1. The summed E-state index contributed by atoms with van der Waals surface area (Å²) in [5.74, 6) is -0.449. The molecular formula is C20H24FNO2. The predicted octanol–water partition coefficient (Wildman–Crippen LogP) is 4.66. The number of ether oxygens (including phenoxy) is 1. The highest BCUT2D eigenvalue weighted by atomic mass is 19.1. The number of hydrogen-bond donors (Lipinski definition) is 1. The van der Waals surface area contributed by atoms with Gasteiger partial charge in [-0.3, -0.25) is 4.79 Å². The second kappa shape index (κ2) is 7.04. The molecule has 1 unspecified atom stereocenters. The Bertz CT molecular complexity index is 720. The first-order valence-corrected chi connectivity index (χ1v) is 7.94. The topological polar surface area (TPSA) is 38.3 Å². The van der Waals surface area contributed by atoms with E-state index in [1.807, 2.05) is 30.3 Å². The van der Waals surface area contributed by atoms with Crippen LogP contribution >= 0.6 is 0 Å². The van der Waals surface area contributed by atoms with Crippen LogP contribution in [0.25, 0.3) is 0 Å². The van der Waals surface area contributed by atoms with Crippen LogP contribution in [0.4, 0.5) is 4.39 Å². The van der Waals surface area contributed by atoms with Gasteiger partial charge in [0.05, 0.1) is 18.7 Å². The Morgan fingerprint density at radius 2 is 1.79 bits per heavy atom. The molecule has 1 N–H and O–H groups in total. The number of rotatable bonds is 4. The summed E-state index contributed by atoms with van der Waals surface area (Å²) in [6, 6.07) is 12.2. The van der Waals surface area contributed by atoms with Crippen molar-refractivity contribution in [3.05, 3.63) is 65.0 Å². The van der Waals surface area contributed by atoms with Crippen molar-refractivity contribution in [2.75, 3.05) is 7.11 Å². The van der Waals surface area contributed by atoms with Crippen molar-refractivity contribution in [2.24, 2.45) is 5.41 Å². The van der Waals surface area contributed by atoms with E-state index in [4.69, 9.17) is 4.74 Å². The Morgan fingerprint density at radius 3 is 2.33 bits per heavy atom. The number of methoxy groups -OCH3 is 1. The lowest BCUT2D eigenvalue weighted by atomic mass is 9.82. The van der Waals surface area contributed by atoms with Gasteiger partial charge in [-0.05, 0) is 29.5 Å². The lowest BCUT2D eigenvalue weighted by molar-refractivity contribution is 0.0898. The molecule has 0 radical (unpaired) electrons. The summed E-state index contributed by atoms with van der Waals surface area (Å²) < 4.78 is 18.8. The molecule has 2 aromatic carbocycles. The zero-order chi connectivity index (χ0) is 17.9. The number of carbonyl (C=O) groups excluding carboxylic acids is 1. The molecule has 0 aliphatic heterocycles. The number of halogens is 1. The van der Waals surface area contributed by atoms with Crippen molar-refractivity contribution < 1.29 is 13.9 Å². The van der Waals surface area contributed by atoms with E-state index in [9.17, 15) is 9.18 Å². The van der Waals surface area contributed by atoms with Gasteiger partial charge in [-0.2, -0.15) is 0 Å². The van der Waals surface area contributed by atoms with Gasteiger partial charge in [0.15, 0.2) is 0 Å². The average molecular weight is 329 g/mol. The van der Waals surface area contributed by atoms with Crippen molar-refractivity contribution in [3.63, 3.8) is 0 Å². The molecule has 0 aromatic heterocycles. The van der Waals surface area contributed by atoms with E-state index in [2.05, 4.69) is 26.1 Å². The lowest BCUT2D eigenvalue weighted by Crippen LogP contribution is -2.37. The molecule has 1 atom stereocenters. The van der Waals surface area contributed by atoms with Gasteiger partial charge < -0.3 is 10.1 Å². The maximum absolute atomic E-state index is 13.6. The summed E-state index contributed by atoms with van der Waals surface area (Å²) in [6.07, 6.45) is 0. The van der Waals surface area contributed by atoms with Gasteiger partial charge in [-0.15, -0.1) is 0 Å². The minimum atomic E-state index is -0.420.